The second-order valence-corrected chi connectivity index (χ2v) is 7.15. The van der Waals surface area contributed by atoms with E-state index in [2.05, 4.69) is 10.6 Å². The zero-order valence-electron chi connectivity index (χ0n) is 16.3. The molecule has 0 aliphatic carbocycles. The Hall–Kier alpha value is -2.86. The summed E-state index contributed by atoms with van der Waals surface area (Å²) in [5.74, 6) is 0.560. The summed E-state index contributed by atoms with van der Waals surface area (Å²) < 4.78 is 5.11. The van der Waals surface area contributed by atoms with Crippen LogP contribution in [0.1, 0.15) is 36.0 Å². The number of ether oxygens (including phenoxy) is 1. The van der Waals surface area contributed by atoms with Crippen LogP contribution in [-0.2, 0) is 4.79 Å². The minimum absolute atomic E-state index is 0.0207. The fourth-order valence-corrected chi connectivity index (χ4v) is 3.42. The van der Waals surface area contributed by atoms with Crippen LogP contribution in [-0.4, -0.2) is 38.6 Å². The van der Waals surface area contributed by atoms with Crippen molar-refractivity contribution in [1.29, 1.82) is 0 Å². The summed E-state index contributed by atoms with van der Waals surface area (Å²) in [4.78, 5) is 26.0. The molecule has 1 fully saturated rings. The van der Waals surface area contributed by atoms with E-state index in [-0.39, 0.29) is 11.8 Å². The van der Waals surface area contributed by atoms with Crippen molar-refractivity contribution in [3.63, 3.8) is 0 Å². The van der Waals surface area contributed by atoms with Crippen LogP contribution in [0.3, 0.4) is 0 Å². The molecule has 1 aliphatic rings. The summed E-state index contributed by atoms with van der Waals surface area (Å²) in [5.41, 5.74) is 1.94. The number of hydrogen-bond donors (Lipinski definition) is 3. The van der Waals surface area contributed by atoms with Crippen molar-refractivity contribution in [2.24, 2.45) is 0 Å². The van der Waals surface area contributed by atoms with Crippen molar-refractivity contribution in [1.82, 2.24) is 0 Å². The van der Waals surface area contributed by atoms with Gasteiger partial charge in [-0.25, -0.2) is 0 Å². The van der Waals surface area contributed by atoms with Crippen LogP contribution in [0.15, 0.2) is 48.5 Å². The first-order valence-corrected chi connectivity index (χ1v) is 9.83. The van der Waals surface area contributed by atoms with Gasteiger partial charge in [-0.1, -0.05) is 0 Å². The molecule has 2 aromatic carbocycles. The highest BCUT2D eigenvalue weighted by molar-refractivity contribution is 6.04. The van der Waals surface area contributed by atoms with Gasteiger partial charge in [0.2, 0.25) is 0 Å². The van der Waals surface area contributed by atoms with E-state index in [0.29, 0.717) is 23.5 Å². The fraction of sp³-hybridized carbons (Fsp3) is 0.364. The molecule has 1 aliphatic heterocycles. The van der Waals surface area contributed by atoms with Crippen molar-refractivity contribution in [2.45, 2.75) is 25.7 Å². The Kier molecular flexibility index (Phi) is 7.03. The summed E-state index contributed by atoms with van der Waals surface area (Å²) in [6, 6.07) is 14.1. The zero-order chi connectivity index (χ0) is 19.8. The molecule has 1 heterocycles. The zero-order valence-corrected chi connectivity index (χ0v) is 16.3. The van der Waals surface area contributed by atoms with Crippen LogP contribution in [0.4, 0.5) is 11.4 Å². The average molecular weight is 382 g/mol. The van der Waals surface area contributed by atoms with E-state index >= 15 is 0 Å². The number of amides is 2. The molecule has 0 spiro atoms. The Morgan fingerprint density at radius 3 is 2.04 bits per heavy atom. The SMILES string of the molecule is COc1ccc(NC(=O)c2ccc(NC(=O)C[NH+]3CCCCCC3)cc2)cc1. The predicted octanol–water partition coefficient (Wildman–Crippen LogP) is 2.34. The third-order valence-electron chi connectivity index (χ3n) is 5.00. The summed E-state index contributed by atoms with van der Waals surface area (Å²) in [7, 11) is 1.60. The third kappa shape index (κ3) is 5.82. The Bertz CT molecular complexity index is 780. The first kappa shape index (κ1) is 19.9. The minimum Gasteiger partial charge on any atom is -0.497 e. The van der Waals surface area contributed by atoms with Gasteiger partial charge < -0.3 is 20.3 Å². The number of rotatable bonds is 6. The fourth-order valence-electron chi connectivity index (χ4n) is 3.42. The monoisotopic (exact) mass is 382 g/mol. The number of anilines is 2. The Morgan fingerprint density at radius 1 is 0.857 bits per heavy atom. The standard InChI is InChI=1S/C22H27N3O3/c1-28-20-12-10-19(11-13-20)24-22(27)17-6-8-18(9-7-17)23-21(26)16-25-14-4-2-3-5-15-25/h6-13H,2-5,14-16H2,1H3,(H,23,26)(H,24,27)/p+1. The van der Waals surface area contributed by atoms with E-state index in [4.69, 9.17) is 4.74 Å². The second-order valence-electron chi connectivity index (χ2n) is 7.15. The molecule has 148 valence electrons. The minimum atomic E-state index is -0.197. The van der Waals surface area contributed by atoms with E-state index in [1.807, 2.05) is 0 Å². The number of quaternary nitrogens is 1. The highest BCUT2D eigenvalue weighted by Gasteiger charge is 2.16. The Balaban J connectivity index is 1.51. The van der Waals surface area contributed by atoms with Crippen molar-refractivity contribution in [3.8, 4) is 5.75 Å². The molecule has 28 heavy (non-hydrogen) atoms. The molecule has 3 rings (SSSR count). The Morgan fingerprint density at radius 2 is 1.43 bits per heavy atom. The van der Waals surface area contributed by atoms with Gasteiger partial charge in [0.1, 0.15) is 5.75 Å². The van der Waals surface area contributed by atoms with Gasteiger partial charge in [0, 0.05) is 16.9 Å². The molecule has 6 heteroatoms. The molecular formula is C22H28N3O3+. The van der Waals surface area contributed by atoms with Gasteiger partial charge >= 0.3 is 0 Å². The third-order valence-corrected chi connectivity index (χ3v) is 5.00. The van der Waals surface area contributed by atoms with E-state index in [1.165, 1.54) is 30.6 Å². The number of benzene rings is 2. The molecule has 2 amide bonds. The lowest BCUT2D eigenvalue weighted by Gasteiger charge is -2.16. The van der Waals surface area contributed by atoms with Crippen LogP contribution in [0, 0.1) is 0 Å². The summed E-state index contributed by atoms with van der Waals surface area (Å²) in [5, 5.41) is 5.78. The molecular weight excluding hydrogens is 354 g/mol. The molecule has 2 aromatic rings. The van der Waals surface area contributed by atoms with Gasteiger partial charge in [0.05, 0.1) is 20.2 Å². The number of carbonyl (C=O) groups excluding carboxylic acids is 2. The van der Waals surface area contributed by atoms with Crippen LogP contribution in [0.25, 0.3) is 0 Å². The molecule has 0 atom stereocenters. The maximum atomic E-state index is 12.4. The lowest BCUT2D eigenvalue weighted by atomic mass is 10.2. The normalized spacial score (nSPS) is 14.8. The molecule has 6 nitrogen and oxygen atoms in total. The smallest absolute Gasteiger partial charge is 0.279 e. The maximum absolute atomic E-state index is 12.4. The topological polar surface area (TPSA) is 71.9 Å². The van der Waals surface area contributed by atoms with Gasteiger partial charge in [-0.3, -0.25) is 9.59 Å². The average Bonchev–Trinajstić information content (AvgIpc) is 2.97. The van der Waals surface area contributed by atoms with Gasteiger partial charge in [0.15, 0.2) is 6.54 Å². The van der Waals surface area contributed by atoms with E-state index in [9.17, 15) is 9.59 Å². The number of methoxy groups -OCH3 is 1. The van der Waals surface area contributed by atoms with E-state index < -0.39 is 0 Å². The van der Waals surface area contributed by atoms with Crippen molar-refractivity contribution < 1.29 is 19.2 Å². The van der Waals surface area contributed by atoms with Crippen LogP contribution in [0.2, 0.25) is 0 Å². The summed E-state index contributed by atoms with van der Waals surface area (Å²) >= 11 is 0. The van der Waals surface area contributed by atoms with Crippen LogP contribution >= 0.6 is 0 Å². The quantitative estimate of drug-likeness (QED) is 0.718. The van der Waals surface area contributed by atoms with Crippen molar-refractivity contribution in [3.05, 3.63) is 54.1 Å². The number of carbonyl (C=O) groups is 2. The maximum Gasteiger partial charge on any atom is 0.279 e. The predicted molar refractivity (Wildman–Crippen MR) is 110 cm³/mol. The number of nitrogens with one attached hydrogen (secondary N) is 3. The number of hydrogen-bond acceptors (Lipinski definition) is 3. The lowest BCUT2D eigenvalue weighted by molar-refractivity contribution is -0.890. The van der Waals surface area contributed by atoms with Gasteiger partial charge in [-0.2, -0.15) is 0 Å². The van der Waals surface area contributed by atoms with Gasteiger partial charge in [-0.15, -0.1) is 0 Å². The molecule has 0 bridgehead atoms. The molecule has 0 aromatic heterocycles. The van der Waals surface area contributed by atoms with Crippen molar-refractivity contribution >= 4 is 23.2 Å². The highest BCUT2D eigenvalue weighted by atomic mass is 16.5. The van der Waals surface area contributed by atoms with Gasteiger partial charge in [-0.05, 0) is 74.2 Å². The largest absolute Gasteiger partial charge is 0.497 e. The highest BCUT2D eigenvalue weighted by Crippen LogP contribution is 2.16. The van der Waals surface area contributed by atoms with Crippen LogP contribution < -0.4 is 20.3 Å². The molecule has 0 radical (unpaired) electrons. The molecule has 0 unspecified atom stereocenters. The lowest BCUT2D eigenvalue weighted by Crippen LogP contribution is -3.12. The van der Waals surface area contributed by atoms with E-state index in [0.717, 1.165) is 18.8 Å². The Labute approximate surface area is 165 Å². The van der Waals surface area contributed by atoms with Crippen molar-refractivity contribution in [2.75, 3.05) is 37.4 Å². The first-order chi connectivity index (χ1) is 13.6. The number of likely N-dealkylation sites (tertiary alicyclic amines) is 1. The molecule has 1 saturated heterocycles. The first-order valence-electron chi connectivity index (χ1n) is 9.83. The second kappa shape index (κ2) is 9.90. The van der Waals surface area contributed by atoms with E-state index in [1.54, 1.807) is 55.6 Å². The molecule has 0 saturated carbocycles. The summed E-state index contributed by atoms with van der Waals surface area (Å²) in [6.07, 6.45) is 4.93. The molecule has 3 N–H and O–H groups in total. The van der Waals surface area contributed by atoms with Gasteiger partial charge in [0.25, 0.3) is 11.8 Å². The summed E-state index contributed by atoms with van der Waals surface area (Å²) in [6.45, 7) is 2.63. The van der Waals surface area contributed by atoms with Crippen LogP contribution in [0.5, 0.6) is 5.75 Å².